The van der Waals surface area contributed by atoms with Crippen molar-refractivity contribution >= 4 is 5.91 Å². The van der Waals surface area contributed by atoms with Crippen LogP contribution in [-0.4, -0.2) is 59.0 Å². The van der Waals surface area contributed by atoms with Gasteiger partial charge in [-0.3, -0.25) is 4.79 Å². The maximum absolute atomic E-state index is 13.5. The molecule has 4 unspecified atom stereocenters. The van der Waals surface area contributed by atoms with Crippen molar-refractivity contribution in [3.8, 4) is 0 Å². The molecule has 0 heterocycles. The van der Waals surface area contributed by atoms with E-state index in [9.17, 15) is 15.0 Å². The number of rotatable bonds is 6. The molecular weight excluding hydrogens is 306 g/mol. The lowest BCUT2D eigenvalue weighted by atomic mass is 9.76. The van der Waals surface area contributed by atoms with Crippen LogP contribution in [0.1, 0.15) is 54.4 Å². The van der Waals surface area contributed by atoms with Gasteiger partial charge in [0.2, 0.25) is 5.91 Å². The number of carbonyl (C=O) groups excluding carboxylic acids is 1. The molecule has 0 spiro atoms. The topological polar surface area (TPSA) is 70.0 Å². The normalized spacial score (nSPS) is 34.6. The van der Waals surface area contributed by atoms with Gasteiger partial charge in [-0.25, -0.2) is 0 Å². The molecular formula is C19H35NO4. The molecule has 0 aromatic rings. The molecule has 0 aliphatic heterocycles. The second-order valence-corrected chi connectivity index (χ2v) is 9.09. The number of hydrogen-bond acceptors (Lipinski definition) is 4. The highest BCUT2D eigenvalue weighted by Gasteiger charge is 2.80. The minimum Gasteiger partial charge on any atom is -0.395 e. The number of amides is 1. The van der Waals surface area contributed by atoms with E-state index in [4.69, 9.17) is 4.74 Å². The van der Waals surface area contributed by atoms with Gasteiger partial charge in [0.15, 0.2) is 0 Å². The van der Waals surface area contributed by atoms with Crippen LogP contribution in [0.5, 0.6) is 0 Å². The summed E-state index contributed by atoms with van der Waals surface area (Å²) in [4.78, 5) is 15.1. The van der Waals surface area contributed by atoms with E-state index < -0.39 is 5.41 Å². The van der Waals surface area contributed by atoms with E-state index >= 15 is 0 Å². The number of nitrogens with zero attached hydrogens (tertiary/aromatic N) is 1. The maximum atomic E-state index is 13.5. The summed E-state index contributed by atoms with van der Waals surface area (Å²) in [5.41, 5.74) is -0.970. The van der Waals surface area contributed by atoms with Gasteiger partial charge in [0.05, 0.1) is 30.3 Å². The van der Waals surface area contributed by atoms with E-state index in [2.05, 4.69) is 20.8 Å². The standard InChI is InChI=1S/C19H35NO4/c1-13-7-8-14-18(5,6)19(14,15(13)24-17(2,3)4)16(23)20(9-11-21)10-12-22/h13-15,21-22H,7-12H2,1-6H3. The van der Waals surface area contributed by atoms with Gasteiger partial charge in [-0.2, -0.15) is 0 Å². The Bertz CT molecular complexity index is 464. The molecule has 0 radical (unpaired) electrons. The molecule has 0 aromatic carbocycles. The Morgan fingerprint density at radius 3 is 2.17 bits per heavy atom. The van der Waals surface area contributed by atoms with E-state index in [0.717, 1.165) is 12.8 Å². The first-order valence-corrected chi connectivity index (χ1v) is 9.23. The second-order valence-electron chi connectivity index (χ2n) is 9.09. The van der Waals surface area contributed by atoms with Gasteiger partial charge in [0.25, 0.3) is 0 Å². The van der Waals surface area contributed by atoms with Gasteiger partial charge in [-0.05, 0) is 50.9 Å². The van der Waals surface area contributed by atoms with Crippen LogP contribution in [-0.2, 0) is 9.53 Å². The van der Waals surface area contributed by atoms with Crippen molar-refractivity contribution < 1.29 is 19.7 Å². The summed E-state index contributed by atoms with van der Waals surface area (Å²) in [5, 5.41) is 18.7. The van der Waals surface area contributed by atoms with Crippen LogP contribution in [0.4, 0.5) is 0 Å². The lowest BCUT2D eigenvalue weighted by molar-refractivity contribution is -0.167. The Morgan fingerprint density at radius 1 is 1.17 bits per heavy atom. The minimum atomic E-state index is -0.539. The molecule has 2 N–H and O–H groups in total. The number of fused-ring (bicyclic) bond motifs is 1. The summed E-state index contributed by atoms with van der Waals surface area (Å²) in [6, 6.07) is 0. The van der Waals surface area contributed by atoms with Gasteiger partial charge in [0.1, 0.15) is 0 Å². The Balaban J connectivity index is 2.40. The van der Waals surface area contributed by atoms with Crippen LogP contribution in [0.25, 0.3) is 0 Å². The predicted molar refractivity (Wildman–Crippen MR) is 93.5 cm³/mol. The van der Waals surface area contributed by atoms with E-state index in [-0.39, 0.29) is 49.3 Å². The first-order valence-electron chi connectivity index (χ1n) is 9.23. The third-order valence-electron chi connectivity index (χ3n) is 6.14. The number of aliphatic hydroxyl groups is 2. The van der Waals surface area contributed by atoms with Crippen LogP contribution < -0.4 is 0 Å². The first-order chi connectivity index (χ1) is 11.0. The molecule has 2 aliphatic carbocycles. The second kappa shape index (κ2) is 6.58. The van der Waals surface area contributed by atoms with Crippen LogP contribution in [0, 0.1) is 22.7 Å². The van der Waals surface area contributed by atoms with Crippen molar-refractivity contribution in [1.82, 2.24) is 4.90 Å². The zero-order valence-electron chi connectivity index (χ0n) is 16.1. The van der Waals surface area contributed by atoms with E-state index in [1.54, 1.807) is 4.90 Å². The Kier molecular flexibility index (Phi) is 5.39. The van der Waals surface area contributed by atoms with Crippen LogP contribution in [0.3, 0.4) is 0 Å². The summed E-state index contributed by atoms with van der Waals surface area (Å²) >= 11 is 0. The molecule has 2 fully saturated rings. The van der Waals surface area contributed by atoms with Gasteiger partial charge >= 0.3 is 0 Å². The predicted octanol–water partition coefficient (Wildman–Crippen LogP) is 2.06. The van der Waals surface area contributed by atoms with Crippen molar-refractivity contribution in [1.29, 1.82) is 0 Å². The molecule has 0 saturated heterocycles. The number of carbonyl (C=O) groups is 1. The van der Waals surface area contributed by atoms with Gasteiger partial charge in [0, 0.05) is 13.1 Å². The van der Waals surface area contributed by atoms with E-state index in [0.29, 0.717) is 11.8 Å². The summed E-state index contributed by atoms with van der Waals surface area (Å²) in [7, 11) is 0. The molecule has 2 aliphatic rings. The lowest BCUT2D eigenvalue weighted by Gasteiger charge is -2.42. The largest absolute Gasteiger partial charge is 0.395 e. The monoisotopic (exact) mass is 341 g/mol. The fourth-order valence-electron chi connectivity index (χ4n) is 5.04. The van der Waals surface area contributed by atoms with Crippen molar-refractivity contribution in [2.75, 3.05) is 26.3 Å². The number of ether oxygens (including phenoxy) is 1. The first kappa shape index (κ1) is 19.7. The fourth-order valence-corrected chi connectivity index (χ4v) is 5.04. The quantitative estimate of drug-likeness (QED) is 0.776. The molecule has 5 nitrogen and oxygen atoms in total. The van der Waals surface area contributed by atoms with Crippen molar-refractivity contribution in [2.24, 2.45) is 22.7 Å². The maximum Gasteiger partial charge on any atom is 0.232 e. The zero-order chi connectivity index (χ0) is 18.3. The summed E-state index contributed by atoms with van der Waals surface area (Å²) in [6.07, 6.45) is 1.98. The number of hydrogen-bond donors (Lipinski definition) is 2. The Hall–Kier alpha value is -0.650. The SMILES string of the molecule is CC1CCC2C(C)(C)C2(C(=O)N(CCO)CCO)C1OC(C)(C)C. The Labute approximate surface area is 146 Å². The number of aliphatic hydroxyl groups excluding tert-OH is 2. The van der Waals surface area contributed by atoms with Gasteiger partial charge in [-0.1, -0.05) is 20.8 Å². The van der Waals surface area contributed by atoms with Crippen molar-refractivity contribution in [2.45, 2.75) is 66.1 Å². The molecule has 4 atom stereocenters. The van der Waals surface area contributed by atoms with Gasteiger partial charge in [-0.15, -0.1) is 0 Å². The van der Waals surface area contributed by atoms with E-state index in [1.807, 2.05) is 20.8 Å². The third-order valence-corrected chi connectivity index (χ3v) is 6.14. The summed E-state index contributed by atoms with van der Waals surface area (Å²) in [5.74, 6) is 0.665. The smallest absolute Gasteiger partial charge is 0.232 e. The molecule has 0 aromatic heterocycles. The highest BCUT2D eigenvalue weighted by atomic mass is 16.5. The summed E-state index contributed by atoms with van der Waals surface area (Å²) < 4.78 is 6.44. The van der Waals surface area contributed by atoms with Crippen LogP contribution in [0.15, 0.2) is 0 Å². The highest BCUT2D eigenvalue weighted by Crippen LogP contribution is 2.76. The zero-order valence-corrected chi connectivity index (χ0v) is 16.1. The average Bonchev–Trinajstić information content (AvgIpc) is 2.97. The highest BCUT2D eigenvalue weighted by molar-refractivity contribution is 5.89. The molecule has 5 heteroatoms. The Morgan fingerprint density at radius 2 is 1.71 bits per heavy atom. The van der Waals surface area contributed by atoms with Crippen LogP contribution >= 0.6 is 0 Å². The lowest BCUT2D eigenvalue weighted by Crippen LogP contribution is -2.53. The average molecular weight is 341 g/mol. The molecule has 1 amide bonds. The third kappa shape index (κ3) is 2.99. The molecule has 2 rings (SSSR count). The molecule has 2 saturated carbocycles. The van der Waals surface area contributed by atoms with Crippen molar-refractivity contribution in [3.63, 3.8) is 0 Å². The summed E-state index contributed by atoms with van der Waals surface area (Å²) in [6.45, 7) is 13.0. The minimum absolute atomic E-state index is 0.0430. The van der Waals surface area contributed by atoms with Gasteiger partial charge < -0.3 is 19.8 Å². The van der Waals surface area contributed by atoms with E-state index in [1.165, 1.54) is 0 Å². The molecule has 140 valence electrons. The van der Waals surface area contributed by atoms with Crippen LogP contribution in [0.2, 0.25) is 0 Å². The fraction of sp³-hybridized carbons (Fsp3) is 0.947. The molecule has 0 bridgehead atoms. The van der Waals surface area contributed by atoms with Crippen molar-refractivity contribution in [3.05, 3.63) is 0 Å². The molecule has 24 heavy (non-hydrogen) atoms.